The summed E-state index contributed by atoms with van der Waals surface area (Å²) in [4.78, 5) is 2.45. The van der Waals surface area contributed by atoms with Gasteiger partial charge in [-0.15, -0.1) is 0 Å². The van der Waals surface area contributed by atoms with E-state index in [1.807, 2.05) is 19.2 Å². The lowest BCUT2D eigenvalue weighted by Gasteiger charge is -2.35. The smallest absolute Gasteiger partial charge is 0.127 e. The van der Waals surface area contributed by atoms with Gasteiger partial charge in [-0.2, -0.15) is 0 Å². The van der Waals surface area contributed by atoms with Gasteiger partial charge in [-0.1, -0.05) is 25.5 Å². The number of likely N-dealkylation sites (tertiary alicyclic amines) is 1. The molecule has 0 bridgehead atoms. The minimum absolute atomic E-state index is 0.0692. The van der Waals surface area contributed by atoms with Crippen molar-refractivity contribution < 1.29 is 4.39 Å². The number of rotatable bonds is 5. The molecule has 1 fully saturated rings. The molecule has 0 saturated carbocycles. The third-order valence-electron chi connectivity index (χ3n) is 4.08. The van der Waals surface area contributed by atoms with Gasteiger partial charge in [0.1, 0.15) is 5.82 Å². The molecular formula is C16H25FN2. The number of benzene rings is 1. The molecule has 19 heavy (non-hydrogen) atoms. The summed E-state index contributed by atoms with van der Waals surface area (Å²) in [6.45, 7) is 4.89. The zero-order chi connectivity index (χ0) is 13.7. The van der Waals surface area contributed by atoms with E-state index in [9.17, 15) is 4.39 Å². The molecule has 0 radical (unpaired) electrons. The third kappa shape index (κ3) is 3.77. The van der Waals surface area contributed by atoms with Crippen LogP contribution in [0.5, 0.6) is 0 Å². The van der Waals surface area contributed by atoms with Crippen LogP contribution >= 0.6 is 0 Å². The Bertz CT molecular complexity index is 406. The lowest BCUT2D eigenvalue weighted by atomic mass is 9.99. The Kier molecular flexibility index (Phi) is 5.34. The first-order valence-electron chi connectivity index (χ1n) is 7.40. The van der Waals surface area contributed by atoms with Crippen LogP contribution in [0.1, 0.15) is 43.7 Å². The van der Waals surface area contributed by atoms with E-state index in [0.29, 0.717) is 6.04 Å². The molecule has 1 N–H and O–H groups in total. The second-order valence-corrected chi connectivity index (χ2v) is 5.48. The normalized spacial score (nSPS) is 20.7. The number of nitrogens with one attached hydrogen (secondary N) is 1. The first-order chi connectivity index (χ1) is 9.24. The molecule has 1 heterocycles. The lowest BCUT2D eigenvalue weighted by Crippen LogP contribution is -2.38. The fourth-order valence-electron chi connectivity index (χ4n) is 3.01. The third-order valence-corrected chi connectivity index (χ3v) is 4.08. The minimum Gasteiger partial charge on any atom is -0.316 e. The van der Waals surface area contributed by atoms with Gasteiger partial charge >= 0.3 is 0 Å². The molecule has 0 amide bonds. The maximum atomic E-state index is 13.9. The summed E-state index contributed by atoms with van der Waals surface area (Å²) in [5.41, 5.74) is 2.00. The number of piperidine rings is 1. The molecule has 1 unspecified atom stereocenters. The molecule has 2 nitrogen and oxygen atoms in total. The van der Waals surface area contributed by atoms with Crippen molar-refractivity contribution >= 4 is 0 Å². The Morgan fingerprint density at radius 1 is 1.37 bits per heavy atom. The highest BCUT2D eigenvalue weighted by Crippen LogP contribution is 2.23. The van der Waals surface area contributed by atoms with E-state index in [2.05, 4.69) is 17.1 Å². The van der Waals surface area contributed by atoms with Crippen LogP contribution in [0.3, 0.4) is 0 Å². The topological polar surface area (TPSA) is 15.3 Å². The average Bonchev–Trinajstić information content (AvgIpc) is 2.43. The van der Waals surface area contributed by atoms with Crippen molar-refractivity contribution in [1.82, 2.24) is 10.2 Å². The summed E-state index contributed by atoms with van der Waals surface area (Å²) in [7, 11) is 1.92. The SMILES string of the molecule is CCC1CCCCN1Cc1cc(CNC)ccc1F. The summed E-state index contributed by atoms with van der Waals surface area (Å²) in [5.74, 6) is -0.0692. The lowest BCUT2D eigenvalue weighted by molar-refractivity contribution is 0.134. The molecule has 0 spiro atoms. The molecule has 2 rings (SSSR count). The summed E-state index contributed by atoms with van der Waals surface area (Å²) >= 11 is 0. The van der Waals surface area contributed by atoms with Crippen LogP contribution in [-0.2, 0) is 13.1 Å². The molecule has 1 aliphatic heterocycles. The molecule has 1 aliphatic rings. The van der Waals surface area contributed by atoms with E-state index in [1.165, 1.54) is 19.3 Å². The highest BCUT2D eigenvalue weighted by atomic mass is 19.1. The van der Waals surface area contributed by atoms with Gasteiger partial charge in [-0.05, 0) is 44.5 Å². The van der Waals surface area contributed by atoms with Gasteiger partial charge < -0.3 is 5.32 Å². The van der Waals surface area contributed by atoms with Gasteiger partial charge in [0.2, 0.25) is 0 Å². The van der Waals surface area contributed by atoms with Crippen LogP contribution < -0.4 is 5.32 Å². The van der Waals surface area contributed by atoms with Crippen molar-refractivity contribution in [2.24, 2.45) is 0 Å². The standard InChI is InChI=1S/C16H25FN2/c1-3-15-6-4-5-9-19(15)12-14-10-13(11-18-2)7-8-16(14)17/h7-8,10,15,18H,3-6,9,11-12H2,1-2H3. The monoisotopic (exact) mass is 264 g/mol. The first kappa shape index (κ1) is 14.5. The molecule has 1 aromatic rings. The van der Waals surface area contributed by atoms with E-state index in [4.69, 9.17) is 0 Å². The van der Waals surface area contributed by atoms with Crippen LogP contribution in [-0.4, -0.2) is 24.5 Å². The second-order valence-electron chi connectivity index (χ2n) is 5.48. The number of hydrogen-bond donors (Lipinski definition) is 1. The van der Waals surface area contributed by atoms with Gasteiger partial charge in [-0.3, -0.25) is 4.90 Å². The molecule has 0 aromatic heterocycles. The van der Waals surface area contributed by atoms with Crippen molar-refractivity contribution in [3.05, 3.63) is 35.1 Å². The highest BCUT2D eigenvalue weighted by Gasteiger charge is 2.21. The summed E-state index contributed by atoms with van der Waals surface area (Å²) < 4.78 is 13.9. The van der Waals surface area contributed by atoms with Crippen molar-refractivity contribution in [1.29, 1.82) is 0 Å². The predicted molar refractivity (Wildman–Crippen MR) is 77.5 cm³/mol. The van der Waals surface area contributed by atoms with Crippen LogP contribution in [0.2, 0.25) is 0 Å². The van der Waals surface area contributed by atoms with E-state index < -0.39 is 0 Å². The Morgan fingerprint density at radius 3 is 2.95 bits per heavy atom. The Labute approximate surface area is 116 Å². The minimum atomic E-state index is -0.0692. The van der Waals surface area contributed by atoms with Gasteiger partial charge in [0.25, 0.3) is 0 Å². The van der Waals surface area contributed by atoms with E-state index in [-0.39, 0.29) is 5.82 Å². The molecule has 106 valence electrons. The van der Waals surface area contributed by atoms with Gasteiger partial charge in [0.15, 0.2) is 0 Å². The van der Waals surface area contributed by atoms with E-state index in [0.717, 1.165) is 37.2 Å². The van der Waals surface area contributed by atoms with Crippen molar-refractivity contribution in [2.45, 2.75) is 51.7 Å². The second kappa shape index (κ2) is 7.01. The first-order valence-corrected chi connectivity index (χ1v) is 7.40. The molecule has 3 heteroatoms. The van der Waals surface area contributed by atoms with E-state index in [1.54, 1.807) is 6.07 Å². The van der Waals surface area contributed by atoms with E-state index >= 15 is 0 Å². The predicted octanol–water partition coefficient (Wildman–Crippen LogP) is 3.31. The Morgan fingerprint density at radius 2 is 2.21 bits per heavy atom. The molecular weight excluding hydrogens is 239 g/mol. The van der Waals surface area contributed by atoms with Gasteiger partial charge in [0.05, 0.1) is 0 Å². The van der Waals surface area contributed by atoms with Crippen LogP contribution in [0.4, 0.5) is 4.39 Å². The molecule has 0 aliphatic carbocycles. The maximum Gasteiger partial charge on any atom is 0.127 e. The Hall–Kier alpha value is -0.930. The van der Waals surface area contributed by atoms with Gasteiger partial charge in [-0.25, -0.2) is 4.39 Å². The zero-order valence-electron chi connectivity index (χ0n) is 12.1. The summed E-state index contributed by atoms with van der Waals surface area (Å²) in [6.07, 6.45) is 4.98. The Balaban J connectivity index is 2.10. The van der Waals surface area contributed by atoms with Crippen molar-refractivity contribution in [3.8, 4) is 0 Å². The molecule has 1 saturated heterocycles. The van der Waals surface area contributed by atoms with Crippen molar-refractivity contribution in [3.63, 3.8) is 0 Å². The summed E-state index contributed by atoms with van der Waals surface area (Å²) in [5, 5.41) is 3.12. The fraction of sp³-hybridized carbons (Fsp3) is 0.625. The van der Waals surface area contributed by atoms with Crippen LogP contribution in [0.25, 0.3) is 0 Å². The fourth-order valence-corrected chi connectivity index (χ4v) is 3.01. The molecule has 1 aromatic carbocycles. The number of nitrogens with zero attached hydrogens (tertiary/aromatic N) is 1. The van der Waals surface area contributed by atoms with Crippen LogP contribution in [0.15, 0.2) is 18.2 Å². The summed E-state index contributed by atoms with van der Waals surface area (Å²) in [6, 6.07) is 6.10. The highest BCUT2D eigenvalue weighted by molar-refractivity contribution is 5.25. The number of halogens is 1. The van der Waals surface area contributed by atoms with Gasteiger partial charge in [0, 0.05) is 24.7 Å². The largest absolute Gasteiger partial charge is 0.316 e. The van der Waals surface area contributed by atoms with Crippen LogP contribution in [0, 0.1) is 5.82 Å². The molecule has 1 atom stereocenters. The number of hydrogen-bond acceptors (Lipinski definition) is 2. The maximum absolute atomic E-state index is 13.9. The average molecular weight is 264 g/mol. The quantitative estimate of drug-likeness (QED) is 0.877. The van der Waals surface area contributed by atoms with Crippen molar-refractivity contribution in [2.75, 3.05) is 13.6 Å². The zero-order valence-corrected chi connectivity index (χ0v) is 12.1.